The van der Waals surface area contributed by atoms with Crippen LogP contribution in [0, 0.1) is 52.3 Å². The van der Waals surface area contributed by atoms with Crippen molar-refractivity contribution in [1.29, 1.82) is 0 Å². The van der Waals surface area contributed by atoms with Crippen LogP contribution in [0.1, 0.15) is 91.9 Å². The Morgan fingerprint density at radius 1 is 1.03 bits per heavy atom. The number of aryl methyl sites for hydroxylation is 1. The Hall–Kier alpha value is -1.01. The Morgan fingerprint density at radius 2 is 1.79 bits per heavy atom. The molecule has 2 N–H and O–H groups in total. The fourth-order valence-corrected chi connectivity index (χ4v) is 9.99. The Bertz CT molecular complexity index is 802. The van der Waals surface area contributed by atoms with Crippen LogP contribution in [0.15, 0.2) is 6.33 Å². The molecule has 6 heteroatoms. The number of hydrogen-bond donors (Lipinski definition) is 2. The highest BCUT2D eigenvalue weighted by atomic mass is 16.3. The number of rotatable bonds is 6. The standard InChI is InChI=1S/C27H46N4O2/c1-5-19-23-15-18(32)10-12-27(23,4)22-11-13-26(3)20(8-9-21(26)24(22)25(19)33)17(2)7-6-14-31-16-28-29-30-31/h16-25,32-33H,5-15H2,1-4H3/t17-,18-,19-,20-,21?,22?,23?,24?,25-,26?,27?/m1/s1. The molecule has 1 aromatic rings. The maximum atomic E-state index is 11.8. The highest BCUT2D eigenvalue weighted by Crippen LogP contribution is 2.69. The van der Waals surface area contributed by atoms with Crippen LogP contribution >= 0.6 is 0 Å². The van der Waals surface area contributed by atoms with E-state index in [1.54, 1.807) is 6.33 Å². The first-order valence-electron chi connectivity index (χ1n) is 13.9. The predicted octanol–water partition coefficient (Wildman–Crippen LogP) is 4.72. The Kier molecular flexibility index (Phi) is 6.39. The fraction of sp³-hybridized carbons (Fsp3) is 0.963. The van der Waals surface area contributed by atoms with Gasteiger partial charge in [-0.25, -0.2) is 4.68 Å². The van der Waals surface area contributed by atoms with Gasteiger partial charge in [0.1, 0.15) is 6.33 Å². The van der Waals surface area contributed by atoms with Crippen molar-refractivity contribution in [3.63, 3.8) is 0 Å². The number of aliphatic hydroxyl groups is 2. The van der Waals surface area contributed by atoms with E-state index < -0.39 is 0 Å². The van der Waals surface area contributed by atoms with Gasteiger partial charge < -0.3 is 10.2 Å². The first-order chi connectivity index (χ1) is 15.8. The van der Waals surface area contributed by atoms with Crippen molar-refractivity contribution >= 4 is 0 Å². The summed E-state index contributed by atoms with van der Waals surface area (Å²) >= 11 is 0. The van der Waals surface area contributed by atoms with Crippen LogP contribution in [-0.4, -0.2) is 42.6 Å². The molecule has 186 valence electrons. The van der Waals surface area contributed by atoms with Crippen molar-refractivity contribution in [2.75, 3.05) is 0 Å². The third kappa shape index (κ3) is 3.78. The lowest BCUT2D eigenvalue weighted by molar-refractivity contribution is -0.203. The van der Waals surface area contributed by atoms with Crippen LogP contribution in [-0.2, 0) is 6.54 Å². The molecule has 4 saturated carbocycles. The zero-order chi connectivity index (χ0) is 23.4. The molecule has 0 spiro atoms. The topological polar surface area (TPSA) is 84.1 Å². The van der Waals surface area contributed by atoms with Crippen molar-refractivity contribution in [2.24, 2.45) is 52.3 Å². The third-order valence-corrected chi connectivity index (χ3v) is 11.6. The van der Waals surface area contributed by atoms with Gasteiger partial charge in [0.2, 0.25) is 0 Å². The van der Waals surface area contributed by atoms with Gasteiger partial charge in [-0.1, -0.05) is 34.1 Å². The summed E-state index contributed by atoms with van der Waals surface area (Å²) in [7, 11) is 0. The van der Waals surface area contributed by atoms with E-state index in [1.165, 1.54) is 32.1 Å². The molecular formula is C27H46N4O2. The molecule has 4 aliphatic rings. The molecule has 33 heavy (non-hydrogen) atoms. The highest BCUT2D eigenvalue weighted by molar-refractivity contribution is 5.13. The molecule has 0 radical (unpaired) electrons. The van der Waals surface area contributed by atoms with E-state index in [4.69, 9.17) is 0 Å². The molecule has 6 unspecified atom stereocenters. The van der Waals surface area contributed by atoms with Crippen LogP contribution in [0.25, 0.3) is 0 Å². The van der Waals surface area contributed by atoms with Gasteiger partial charge in [-0.15, -0.1) is 5.10 Å². The van der Waals surface area contributed by atoms with Gasteiger partial charge in [0.05, 0.1) is 12.2 Å². The van der Waals surface area contributed by atoms with E-state index in [9.17, 15) is 10.2 Å². The zero-order valence-electron chi connectivity index (χ0n) is 21.2. The minimum atomic E-state index is -0.193. The second kappa shape index (κ2) is 8.89. The van der Waals surface area contributed by atoms with Crippen LogP contribution in [0.5, 0.6) is 0 Å². The first kappa shape index (κ1) is 23.7. The van der Waals surface area contributed by atoms with E-state index in [-0.39, 0.29) is 12.2 Å². The van der Waals surface area contributed by atoms with Gasteiger partial charge in [-0.05, 0) is 120 Å². The van der Waals surface area contributed by atoms with Crippen molar-refractivity contribution in [3.8, 4) is 0 Å². The van der Waals surface area contributed by atoms with Crippen LogP contribution in [0.2, 0.25) is 0 Å². The van der Waals surface area contributed by atoms with Crippen LogP contribution in [0.4, 0.5) is 0 Å². The molecule has 0 amide bonds. The largest absolute Gasteiger partial charge is 0.393 e. The van der Waals surface area contributed by atoms with Gasteiger partial charge in [0.15, 0.2) is 0 Å². The van der Waals surface area contributed by atoms with Crippen LogP contribution < -0.4 is 0 Å². The summed E-state index contributed by atoms with van der Waals surface area (Å²) in [6, 6.07) is 0. The van der Waals surface area contributed by atoms with E-state index in [2.05, 4.69) is 43.2 Å². The molecular weight excluding hydrogens is 412 g/mol. The molecule has 4 fully saturated rings. The minimum absolute atomic E-state index is 0.167. The van der Waals surface area contributed by atoms with Gasteiger partial charge >= 0.3 is 0 Å². The molecule has 0 aliphatic heterocycles. The van der Waals surface area contributed by atoms with E-state index >= 15 is 0 Å². The molecule has 5 rings (SSSR count). The van der Waals surface area contributed by atoms with Crippen molar-refractivity contribution in [1.82, 2.24) is 20.2 Å². The average molecular weight is 459 g/mol. The lowest BCUT2D eigenvalue weighted by Crippen LogP contribution is -2.62. The fourth-order valence-electron chi connectivity index (χ4n) is 9.99. The van der Waals surface area contributed by atoms with Gasteiger partial charge in [-0.2, -0.15) is 0 Å². The average Bonchev–Trinajstić information content (AvgIpc) is 3.42. The van der Waals surface area contributed by atoms with E-state index in [0.717, 1.165) is 44.6 Å². The lowest BCUT2D eigenvalue weighted by Gasteiger charge is -2.64. The molecule has 0 saturated heterocycles. The SMILES string of the molecule is CC[C@@H]1C2C[C@H](O)CCC2(C)C2CCC3(C)C(CC[C@@H]3[C@H](C)CCCn3cnnn3)C2[C@@H]1O. The Balaban J connectivity index is 1.34. The molecule has 0 bridgehead atoms. The summed E-state index contributed by atoms with van der Waals surface area (Å²) in [5.74, 6) is 4.00. The highest BCUT2D eigenvalue weighted by Gasteiger charge is 2.64. The summed E-state index contributed by atoms with van der Waals surface area (Å²) in [4.78, 5) is 0. The molecule has 11 atom stereocenters. The number of aliphatic hydroxyl groups excluding tert-OH is 2. The molecule has 1 heterocycles. The summed E-state index contributed by atoms with van der Waals surface area (Å²) in [6.07, 6.45) is 12.9. The van der Waals surface area contributed by atoms with Gasteiger partial charge in [0.25, 0.3) is 0 Å². The predicted molar refractivity (Wildman–Crippen MR) is 128 cm³/mol. The lowest BCUT2D eigenvalue weighted by atomic mass is 9.41. The van der Waals surface area contributed by atoms with Crippen molar-refractivity contribution < 1.29 is 10.2 Å². The monoisotopic (exact) mass is 458 g/mol. The molecule has 0 aromatic carbocycles. The van der Waals surface area contributed by atoms with Crippen LogP contribution in [0.3, 0.4) is 0 Å². The number of nitrogens with zero attached hydrogens (tertiary/aromatic N) is 4. The first-order valence-corrected chi connectivity index (χ1v) is 13.9. The second-order valence-corrected chi connectivity index (χ2v) is 12.8. The molecule has 1 aromatic heterocycles. The summed E-state index contributed by atoms with van der Waals surface area (Å²) < 4.78 is 1.85. The molecule has 4 aliphatic carbocycles. The number of fused-ring (bicyclic) bond motifs is 5. The number of hydrogen-bond acceptors (Lipinski definition) is 5. The Morgan fingerprint density at radius 3 is 2.52 bits per heavy atom. The zero-order valence-corrected chi connectivity index (χ0v) is 21.2. The summed E-state index contributed by atoms with van der Waals surface area (Å²) in [5.41, 5.74) is 0.646. The van der Waals surface area contributed by atoms with Crippen molar-refractivity contribution in [2.45, 2.75) is 111 Å². The van der Waals surface area contributed by atoms with E-state index in [1.807, 2.05) is 4.68 Å². The number of tetrazole rings is 1. The summed E-state index contributed by atoms with van der Waals surface area (Å²) in [5, 5.41) is 33.8. The van der Waals surface area contributed by atoms with Crippen molar-refractivity contribution in [3.05, 3.63) is 6.33 Å². The molecule has 6 nitrogen and oxygen atoms in total. The minimum Gasteiger partial charge on any atom is -0.393 e. The smallest absolute Gasteiger partial charge is 0.138 e. The maximum Gasteiger partial charge on any atom is 0.138 e. The summed E-state index contributed by atoms with van der Waals surface area (Å²) in [6.45, 7) is 10.7. The second-order valence-electron chi connectivity index (χ2n) is 12.8. The van der Waals surface area contributed by atoms with E-state index in [0.29, 0.717) is 46.3 Å². The third-order valence-electron chi connectivity index (χ3n) is 11.6. The van der Waals surface area contributed by atoms with Gasteiger partial charge in [-0.3, -0.25) is 0 Å². The normalized spacial score (nSPS) is 48.1. The van der Waals surface area contributed by atoms with Gasteiger partial charge in [0, 0.05) is 6.54 Å². The Labute approximate surface area is 199 Å². The maximum absolute atomic E-state index is 11.8. The number of aromatic nitrogens is 4. The quantitative estimate of drug-likeness (QED) is 0.645.